The summed E-state index contributed by atoms with van der Waals surface area (Å²) in [5.74, 6) is -0.0497. The predicted octanol–water partition coefficient (Wildman–Crippen LogP) is 2.73. The number of hydrogen-bond donors (Lipinski definition) is 1. The first kappa shape index (κ1) is 15.0. The number of benzene rings is 1. The summed E-state index contributed by atoms with van der Waals surface area (Å²) in [6, 6.07) is 8.86. The summed E-state index contributed by atoms with van der Waals surface area (Å²) in [5.41, 5.74) is 3.18. The van der Waals surface area contributed by atoms with Crippen LogP contribution in [0.15, 0.2) is 30.3 Å². The van der Waals surface area contributed by atoms with E-state index >= 15 is 0 Å². The summed E-state index contributed by atoms with van der Waals surface area (Å²) in [6.45, 7) is 5.81. The zero-order chi connectivity index (χ0) is 15.4. The minimum absolute atomic E-state index is 0.0931. The van der Waals surface area contributed by atoms with E-state index in [1.807, 2.05) is 26.8 Å². The topological polar surface area (TPSA) is 64.0 Å². The van der Waals surface area contributed by atoms with Crippen molar-refractivity contribution in [1.29, 1.82) is 0 Å². The largest absolute Gasteiger partial charge is 0.324 e. The average molecular weight is 285 g/mol. The molecular formula is C16H19N3O2. The summed E-state index contributed by atoms with van der Waals surface area (Å²) in [5, 5.41) is 7.05. The summed E-state index contributed by atoms with van der Waals surface area (Å²) < 4.78 is 1.67. The van der Waals surface area contributed by atoms with Crippen molar-refractivity contribution in [1.82, 2.24) is 9.78 Å². The van der Waals surface area contributed by atoms with Crippen LogP contribution >= 0.6 is 0 Å². The fourth-order valence-corrected chi connectivity index (χ4v) is 2.12. The first-order valence-corrected chi connectivity index (χ1v) is 6.93. The van der Waals surface area contributed by atoms with Crippen molar-refractivity contribution >= 4 is 17.4 Å². The Hall–Kier alpha value is -2.43. The molecular weight excluding hydrogens is 266 g/mol. The van der Waals surface area contributed by atoms with E-state index in [2.05, 4.69) is 10.4 Å². The fraction of sp³-hybridized carbons (Fsp3) is 0.312. The molecule has 0 aliphatic carbocycles. The molecule has 5 nitrogen and oxygen atoms in total. The summed E-state index contributed by atoms with van der Waals surface area (Å²) >= 11 is 0. The van der Waals surface area contributed by atoms with Gasteiger partial charge in [-0.15, -0.1) is 0 Å². The number of Topliss-reactive ketones (excluding diaryl/α,β-unsaturated/α-hetero) is 1. The highest BCUT2D eigenvalue weighted by Crippen LogP contribution is 2.11. The van der Waals surface area contributed by atoms with Gasteiger partial charge in [0.2, 0.25) is 5.91 Å². The van der Waals surface area contributed by atoms with E-state index in [-0.39, 0.29) is 18.2 Å². The lowest BCUT2D eigenvalue weighted by atomic mass is 10.1. The molecule has 2 rings (SSSR count). The molecule has 5 heteroatoms. The van der Waals surface area contributed by atoms with Crippen LogP contribution in [-0.2, 0) is 11.3 Å². The maximum Gasteiger partial charge on any atom is 0.246 e. The molecule has 0 aliphatic heterocycles. The van der Waals surface area contributed by atoms with Crippen molar-refractivity contribution in [2.75, 3.05) is 5.32 Å². The standard InChI is InChI=1S/C16H19N3O2/c1-4-15(20)13-5-7-14(8-6-13)17-16(21)10-19-12(3)9-11(2)18-19/h5-9H,4,10H2,1-3H3,(H,17,21). The van der Waals surface area contributed by atoms with Gasteiger partial charge >= 0.3 is 0 Å². The number of hydrogen-bond acceptors (Lipinski definition) is 3. The van der Waals surface area contributed by atoms with Gasteiger partial charge in [-0.2, -0.15) is 5.10 Å². The van der Waals surface area contributed by atoms with Crippen LogP contribution in [0.1, 0.15) is 35.1 Å². The van der Waals surface area contributed by atoms with Gasteiger partial charge in [-0.1, -0.05) is 6.92 Å². The molecule has 0 saturated heterocycles. The van der Waals surface area contributed by atoms with Gasteiger partial charge in [-0.05, 0) is 44.2 Å². The van der Waals surface area contributed by atoms with Crippen molar-refractivity contribution in [3.05, 3.63) is 47.3 Å². The Morgan fingerprint density at radius 2 is 1.86 bits per heavy atom. The van der Waals surface area contributed by atoms with Crippen molar-refractivity contribution in [3.8, 4) is 0 Å². The lowest BCUT2D eigenvalue weighted by Gasteiger charge is -2.07. The maximum absolute atomic E-state index is 12.0. The number of nitrogens with one attached hydrogen (secondary N) is 1. The molecule has 1 aromatic carbocycles. The molecule has 21 heavy (non-hydrogen) atoms. The minimum Gasteiger partial charge on any atom is -0.324 e. The molecule has 0 saturated carbocycles. The quantitative estimate of drug-likeness (QED) is 0.859. The molecule has 2 aromatic rings. The Morgan fingerprint density at radius 3 is 2.38 bits per heavy atom. The highest BCUT2D eigenvalue weighted by molar-refractivity contribution is 5.97. The van der Waals surface area contributed by atoms with Crippen LogP contribution in [0.5, 0.6) is 0 Å². The molecule has 0 unspecified atom stereocenters. The maximum atomic E-state index is 12.0. The van der Waals surface area contributed by atoms with E-state index in [9.17, 15) is 9.59 Å². The SMILES string of the molecule is CCC(=O)c1ccc(NC(=O)Cn2nc(C)cc2C)cc1. The van der Waals surface area contributed by atoms with Crippen LogP contribution in [-0.4, -0.2) is 21.5 Å². The highest BCUT2D eigenvalue weighted by atomic mass is 16.2. The Morgan fingerprint density at radius 1 is 1.19 bits per heavy atom. The molecule has 1 N–H and O–H groups in total. The van der Waals surface area contributed by atoms with Gasteiger partial charge in [-0.25, -0.2) is 0 Å². The van der Waals surface area contributed by atoms with Gasteiger partial charge in [-0.3, -0.25) is 14.3 Å². The zero-order valence-electron chi connectivity index (χ0n) is 12.5. The second kappa shape index (κ2) is 6.35. The summed E-state index contributed by atoms with van der Waals surface area (Å²) in [7, 11) is 0. The molecule has 1 amide bonds. The van der Waals surface area contributed by atoms with Crippen LogP contribution in [0.3, 0.4) is 0 Å². The van der Waals surface area contributed by atoms with Crippen LogP contribution < -0.4 is 5.32 Å². The van der Waals surface area contributed by atoms with E-state index < -0.39 is 0 Å². The first-order valence-electron chi connectivity index (χ1n) is 6.93. The number of carbonyl (C=O) groups excluding carboxylic acids is 2. The Labute approximate surface area is 124 Å². The van der Waals surface area contributed by atoms with Crippen molar-refractivity contribution in [2.24, 2.45) is 0 Å². The number of nitrogens with zero attached hydrogens (tertiary/aromatic N) is 2. The third-order valence-corrected chi connectivity index (χ3v) is 3.21. The second-order valence-corrected chi connectivity index (χ2v) is 4.99. The van der Waals surface area contributed by atoms with Crippen LogP contribution in [0.25, 0.3) is 0 Å². The monoisotopic (exact) mass is 285 g/mol. The number of amides is 1. The lowest BCUT2D eigenvalue weighted by Crippen LogP contribution is -2.20. The van der Waals surface area contributed by atoms with Crippen LogP contribution in [0.2, 0.25) is 0 Å². The second-order valence-electron chi connectivity index (χ2n) is 4.99. The number of rotatable bonds is 5. The number of carbonyl (C=O) groups is 2. The zero-order valence-corrected chi connectivity index (χ0v) is 12.5. The molecule has 0 bridgehead atoms. The number of anilines is 1. The normalized spacial score (nSPS) is 10.4. The van der Waals surface area contributed by atoms with Crippen molar-refractivity contribution in [3.63, 3.8) is 0 Å². The number of ketones is 1. The fourth-order valence-electron chi connectivity index (χ4n) is 2.12. The number of aromatic nitrogens is 2. The van der Waals surface area contributed by atoms with Crippen LogP contribution in [0.4, 0.5) is 5.69 Å². The molecule has 0 spiro atoms. The van der Waals surface area contributed by atoms with Crippen molar-refractivity contribution < 1.29 is 9.59 Å². The van der Waals surface area contributed by atoms with E-state index in [0.717, 1.165) is 11.4 Å². The highest BCUT2D eigenvalue weighted by Gasteiger charge is 2.08. The average Bonchev–Trinajstić information content (AvgIpc) is 2.76. The summed E-state index contributed by atoms with van der Waals surface area (Å²) in [4.78, 5) is 23.5. The van der Waals surface area contributed by atoms with Gasteiger partial charge in [0.05, 0.1) is 5.69 Å². The molecule has 110 valence electrons. The van der Waals surface area contributed by atoms with E-state index in [1.165, 1.54) is 0 Å². The Bertz CT molecular complexity index is 657. The van der Waals surface area contributed by atoms with Gasteiger partial charge in [0, 0.05) is 23.4 Å². The molecule has 0 radical (unpaired) electrons. The van der Waals surface area contributed by atoms with Gasteiger partial charge in [0.25, 0.3) is 0 Å². The molecule has 1 heterocycles. The number of aryl methyl sites for hydroxylation is 2. The molecule has 0 fully saturated rings. The van der Waals surface area contributed by atoms with E-state index in [4.69, 9.17) is 0 Å². The van der Waals surface area contributed by atoms with Gasteiger partial charge in [0.1, 0.15) is 6.54 Å². The van der Waals surface area contributed by atoms with Crippen molar-refractivity contribution in [2.45, 2.75) is 33.7 Å². The molecule has 1 aromatic heterocycles. The lowest BCUT2D eigenvalue weighted by molar-refractivity contribution is -0.116. The van der Waals surface area contributed by atoms with Gasteiger partial charge in [0.15, 0.2) is 5.78 Å². The molecule has 0 aliphatic rings. The third-order valence-electron chi connectivity index (χ3n) is 3.21. The Balaban J connectivity index is 1.99. The van der Waals surface area contributed by atoms with E-state index in [0.29, 0.717) is 17.7 Å². The summed E-state index contributed by atoms with van der Waals surface area (Å²) in [6.07, 6.45) is 0.476. The Kier molecular flexibility index (Phi) is 4.52. The van der Waals surface area contributed by atoms with E-state index in [1.54, 1.807) is 28.9 Å². The predicted molar refractivity (Wildman–Crippen MR) is 81.4 cm³/mol. The third kappa shape index (κ3) is 3.78. The van der Waals surface area contributed by atoms with Gasteiger partial charge < -0.3 is 5.32 Å². The molecule has 0 atom stereocenters. The smallest absolute Gasteiger partial charge is 0.246 e. The minimum atomic E-state index is -0.143. The van der Waals surface area contributed by atoms with Crippen LogP contribution in [0, 0.1) is 13.8 Å². The first-order chi connectivity index (χ1) is 9.99.